The van der Waals surface area contributed by atoms with Gasteiger partial charge in [-0.3, -0.25) is 4.72 Å². The maximum atomic E-state index is 12.9. The van der Waals surface area contributed by atoms with Gasteiger partial charge in [-0.15, -0.1) is 0 Å². The molecule has 9 heteroatoms. The zero-order valence-electron chi connectivity index (χ0n) is 13.7. The molecule has 0 fully saturated rings. The quantitative estimate of drug-likeness (QED) is 0.677. The van der Waals surface area contributed by atoms with Crippen LogP contribution in [0.15, 0.2) is 41.3 Å². The van der Waals surface area contributed by atoms with Gasteiger partial charge in [0.1, 0.15) is 27.4 Å². The number of nitrogens with zero attached hydrogens (tertiary/aromatic N) is 2. The maximum absolute atomic E-state index is 12.9. The van der Waals surface area contributed by atoms with E-state index in [1.54, 1.807) is 30.3 Å². The van der Waals surface area contributed by atoms with Gasteiger partial charge < -0.3 is 9.47 Å². The van der Waals surface area contributed by atoms with E-state index in [4.69, 9.17) is 9.47 Å². The summed E-state index contributed by atoms with van der Waals surface area (Å²) in [6.45, 7) is 4.57. The first-order chi connectivity index (χ1) is 12.0. The highest BCUT2D eigenvalue weighted by atomic mass is 32.2. The number of fused-ring (bicyclic) bond motifs is 1. The van der Waals surface area contributed by atoms with E-state index in [1.165, 1.54) is 6.07 Å². The monoisotopic (exact) mass is 379 g/mol. The molecule has 0 aliphatic carbocycles. The molecule has 1 N–H and O–H groups in total. The van der Waals surface area contributed by atoms with E-state index in [9.17, 15) is 8.42 Å². The van der Waals surface area contributed by atoms with Gasteiger partial charge in [-0.1, -0.05) is 6.07 Å². The number of rotatable bonds is 7. The summed E-state index contributed by atoms with van der Waals surface area (Å²) in [5, 5.41) is 0. The highest BCUT2D eigenvalue weighted by Crippen LogP contribution is 2.32. The van der Waals surface area contributed by atoms with Crippen molar-refractivity contribution in [1.82, 2.24) is 8.75 Å². The minimum Gasteiger partial charge on any atom is -0.494 e. The number of hydrogen-bond donors (Lipinski definition) is 1. The summed E-state index contributed by atoms with van der Waals surface area (Å²) in [6, 6.07) is 9.87. The van der Waals surface area contributed by atoms with Gasteiger partial charge >= 0.3 is 0 Å². The zero-order chi connectivity index (χ0) is 17.9. The first-order valence-electron chi connectivity index (χ1n) is 7.69. The summed E-state index contributed by atoms with van der Waals surface area (Å²) < 4.78 is 47.4. The second-order valence-electron chi connectivity index (χ2n) is 5.02. The van der Waals surface area contributed by atoms with Crippen LogP contribution in [0.3, 0.4) is 0 Å². The van der Waals surface area contributed by atoms with Gasteiger partial charge in [0.05, 0.1) is 30.6 Å². The predicted molar refractivity (Wildman–Crippen MR) is 97.0 cm³/mol. The molecule has 0 aliphatic rings. The SMILES string of the molecule is CCOc1ccc(OCC)c(NS(=O)(=O)c2cccc3nsnc23)c1. The number of benzene rings is 2. The lowest BCUT2D eigenvalue weighted by Gasteiger charge is -2.14. The van der Waals surface area contributed by atoms with Crippen molar-refractivity contribution in [2.24, 2.45) is 0 Å². The summed E-state index contributed by atoms with van der Waals surface area (Å²) in [4.78, 5) is 0.0722. The van der Waals surface area contributed by atoms with Crippen molar-refractivity contribution < 1.29 is 17.9 Å². The highest BCUT2D eigenvalue weighted by Gasteiger charge is 2.21. The lowest BCUT2D eigenvalue weighted by molar-refractivity contribution is 0.332. The Kier molecular flexibility index (Phi) is 5.05. The fourth-order valence-corrected chi connectivity index (χ4v) is 4.15. The van der Waals surface area contributed by atoms with Crippen LogP contribution in [0.5, 0.6) is 11.5 Å². The van der Waals surface area contributed by atoms with Crippen LogP contribution in [0.1, 0.15) is 13.8 Å². The van der Waals surface area contributed by atoms with Crippen LogP contribution in [-0.2, 0) is 10.0 Å². The van der Waals surface area contributed by atoms with Gasteiger partial charge in [0.15, 0.2) is 0 Å². The molecule has 0 radical (unpaired) electrons. The van der Waals surface area contributed by atoms with Crippen LogP contribution in [0.4, 0.5) is 5.69 Å². The van der Waals surface area contributed by atoms with Gasteiger partial charge in [-0.25, -0.2) is 8.42 Å². The van der Waals surface area contributed by atoms with E-state index in [-0.39, 0.29) is 4.90 Å². The molecule has 3 aromatic rings. The number of ether oxygens (including phenoxy) is 2. The van der Waals surface area contributed by atoms with Crippen molar-refractivity contribution in [2.45, 2.75) is 18.7 Å². The Balaban J connectivity index is 2.02. The van der Waals surface area contributed by atoms with E-state index in [0.717, 1.165) is 11.7 Å². The van der Waals surface area contributed by atoms with Crippen LogP contribution in [0.2, 0.25) is 0 Å². The van der Waals surface area contributed by atoms with Crippen molar-refractivity contribution in [3.63, 3.8) is 0 Å². The number of anilines is 1. The maximum Gasteiger partial charge on any atom is 0.264 e. The molecule has 1 aromatic heterocycles. The second kappa shape index (κ2) is 7.24. The molecule has 0 aliphatic heterocycles. The normalized spacial score (nSPS) is 11.4. The lowest BCUT2D eigenvalue weighted by atomic mass is 10.3. The van der Waals surface area contributed by atoms with Gasteiger partial charge in [0.2, 0.25) is 0 Å². The molecule has 0 amide bonds. The fraction of sp³-hybridized carbons (Fsp3) is 0.250. The van der Waals surface area contributed by atoms with E-state index < -0.39 is 10.0 Å². The molecule has 3 rings (SSSR count). The van der Waals surface area contributed by atoms with Crippen LogP contribution >= 0.6 is 11.7 Å². The molecule has 0 atom stereocenters. The first-order valence-corrected chi connectivity index (χ1v) is 9.90. The first kappa shape index (κ1) is 17.4. The Morgan fingerprint density at radius 2 is 1.88 bits per heavy atom. The topological polar surface area (TPSA) is 90.4 Å². The van der Waals surface area contributed by atoms with E-state index in [0.29, 0.717) is 41.4 Å². The summed E-state index contributed by atoms with van der Waals surface area (Å²) in [5.41, 5.74) is 1.20. The largest absolute Gasteiger partial charge is 0.494 e. The molecule has 2 aromatic carbocycles. The van der Waals surface area contributed by atoms with Crippen LogP contribution in [-0.4, -0.2) is 30.4 Å². The molecular formula is C16H17N3O4S2. The van der Waals surface area contributed by atoms with Crippen molar-refractivity contribution in [2.75, 3.05) is 17.9 Å². The van der Waals surface area contributed by atoms with E-state index in [2.05, 4.69) is 13.5 Å². The Morgan fingerprint density at radius 1 is 1.08 bits per heavy atom. The van der Waals surface area contributed by atoms with Crippen molar-refractivity contribution >= 4 is 38.5 Å². The predicted octanol–water partition coefficient (Wildman–Crippen LogP) is 3.29. The third-order valence-corrected chi connectivity index (χ3v) is 5.28. The van der Waals surface area contributed by atoms with Crippen molar-refractivity contribution in [1.29, 1.82) is 0 Å². The van der Waals surface area contributed by atoms with Crippen molar-refractivity contribution in [3.05, 3.63) is 36.4 Å². The van der Waals surface area contributed by atoms with Gasteiger partial charge in [-0.05, 0) is 38.1 Å². The minimum atomic E-state index is -3.86. The number of nitrogens with one attached hydrogen (secondary N) is 1. The summed E-state index contributed by atoms with van der Waals surface area (Å²) in [6.07, 6.45) is 0. The molecule has 132 valence electrons. The molecule has 0 saturated carbocycles. The Labute approximate surface area is 150 Å². The molecule has 7 nitrogen and oxygen atoms in total. The number of aromatic nitrogens is 2. The number of hydrogen-bond acceptors (Lipinski definition) is 7. The Hall–Kier alpha value is -2.39. The van der Waals surface area contributed by atoms with Crippen LogP contribution in [0.25, 0.3) is 11.0 Å². The standard InChI is InChI=1S/C16H17N3O4S2/c1-3-22-11-8-9-14(23-4-2)13(10-11)19-25(20,21)15-7-5-6-12-16(15)18-24-17-12/h5-10,19H,3-4H2,1-2H3. The summed E-state index contributed by atoms with van der Waals surface area (Å²) >= 11 is 0.973. The fourth-order valence-electron chi connectivity index (χ4n) is 2.32. The van der Waals surface area contributed by atoms with E-state index >= 15 is 0 Å². The van der Waals surface area contributed by atoms with Gasteiger partial charge in [0.25, 0.3) is 10.0 Å². The van der Waals surface area contributed by atoms with E-state index in [1.807, 2.05) is 13.8 Å². The molecule has 0 bridgehead atoms. The highest BCUT2D eigenvalue weighted by molar-refractivity contribution is 7.93. The molecule has 0 saturated heterocycles. The molecule has 25 heavy (non-hydrogen) atoms. The third kappa shape index (κ3) is 3.67. The van der Waals surface area contributed by atoms with Crippen LogP contribution in [0, 0.1) is 0 Å². The smallest absolute Gasteiger partial charge is 0.264 e. The third-order valence-electron chi connectivity index (χ3n) is 3.34. The Bertz CT molecular complexity index is 986. The lowest BCUT2D eigenvalue weighted by Crippen LogP contribution is -2.14. The molecule has 0 unspecified atom stereocenters. The van der Waals surface area contributed by atoms with Crippen molar-refractivity contribution in [3.8, 4) is 11.5 Å². The average Bonchev–Trinajstić information content (AvgIpc) is 3.06. The second-order valence-corrected chi connectivity index (χ2v) is 7.20. The molecule has 0 spiro atoms. The number of sulfonamides is 1. The minimum absolute atomic E-state index is 0.0722. The van der Waals surface area contributed by atoms with Gasteiger partial charge in [0, 0.05) is 6.07 Å². The average molecular weight is 379 g/mol. The van der Waals surface area contributed by atoms with Crippen LogP contribution < -0.4 is 14.2 Å². The summed E-state index contributed by atoms with van der Waals surface area (Å²) in [7, 11) is -3.86. The molecular weight excluding hydrogens is 362 g/mol. The Morgan fingerprint density at radius 3 is 2.64 bits per heavy atom. The summed E-state index contributed by atoms with van der Waals surface area (Å²) in [5.74, 6) is 0.982. The molecule has 1 heterocycles. The van der Waals surface area contributed by atoms with Gasteiger partial charge in [-0.2, -0.15) is 8.75 Å². The zero-order valence-corrected chi connectivity index (χ0v) is 15.4.